The lowest BCUT2D eigenvalue weighted by Gasteiger charge is -2.15. The zero-order valence-corrected chi connectivity index (χ0v) is 21.2. The summed E-state index contributed by atoms with van der Waals surface area (Å²) in [6.07, 6.45) is 0.669. The maximum atomic E-state index is 12.8. The lowest BCUT2D eigenvalue weighted by molar-refractivity contribution is -0.127. The molecule has 7 heteroatoms. The number of hydrazone groups is 1. The van der Waals surface area contributed by atoms with Crippen molar-refractivity contribution in [1.29, 1.82) is 0 Å². The molecule has 0 fully saturated rings. The highest BCUT2D eigenvalue weighted by Crippen LogP contribution is 2.28. The van der Waals surface area contributed by atoms with Crippen LogP contribution in [0.2, 0.25) is 5.02 Å². The summed E-state index contributed by atoms with van der Waals surface area (Å²) in [5.41, 5.74) is 3.44. The molecule has 0 bridgehead atoms. The SMILES string of the molecule is C[C@H](Oc1cccc2ccccc12)C(=O)N/N=C\c1c(OC(=O)c2ccc(Cl)cc2)ccc2ccccc12. The molecule has 5 aromatic rings. The summed E-state index contributed by atoms with van der Waals surface area (Å²) < 4.78 is 11.6. The fourth-order valence-corrected chi connectivity index (χ4v) is 4.16. The van der Waals surface area contributed by atoms with E-state index in [2.05, 4.69) is 10.5 Å². The largest absolute Gasteiger partial charge is 0.480 e. The Bertz CT molecular complexity index is 1660. The van der Waals surface area contributed by atoms with Gasteiger partial charge in [0.15, 0.2) is 6.10 Å². The van der Waals surface area contributed by atoms with E-state index in [1.807, 2.05) is 72.8 Å². The summed E-state index contributed by atoms with van der Waals surface area (Å²) in [4.78, 5) is 25.5. The van der Waals surface area contributed by atoms with Gasteiger partial charge >= 0.3 is 5.97 Å². The number of nitrogens with one attached hydrogen (secondary N) is 1. The molecule has 0 saturated heterocycles. The van der Waals surface area contributed by atoms with Gasteiger partial charge in [-0.2, -0.15) is 5.10 Å². The normalized spacial score (nSPS) is 11.9. The third-order valence-electron chi connectivity index (χ3n) is 6.00. The molecule has 0 aliphatic rings. The molecule has 0 heterocycles. The predicted molar refractivity (Wildman–Crippen MR) is 150 cm³/mol. The highest BCUT2D eigenvalue weighted by molar-refractivity contribution is 6.30. The van der Waals surface area contributed by atoms with E-state index in [9.17, 15) is 9.59 Å². The van der Waals surface area contributed by atoms with Gasteiger partial charge in [-0.1, -0.05) is 78.3 Å². The van der Waals surface area contributed by atoms with Crippen LogP contribution in [-0.2, 0) is 4.79 Å². The Morgan fingerprint density at radius 2 is 1.45 bits per heavy atom. The van der Waals surface area contributed by atoms with Gasteiger partial charge in [-0.05, 0) is 59.5 Å². The molecular formula is C31H23ClN2O4. The topological polar surface area (TPSA) is 77.0 Å². The van der Waals surface area contributed by atoms with E-state index >= 15 is 0 Å². The molecule has 0 spiro atoms. The fraction of sp³-hybridized carbons (Fsp3) is 0.0645. The third-order valence-corrected chi connectivity index (χ3v) is 6.26. The van der Waals surface area contributed by atoms with Gasteiger partial charge in [0, 0.05) is 16.0 Å². The molecule has 1 amide bonds. The number of hydrogen-bond acceptors (Lipinski definition) is 5. The van der Waals surface area contributed by atoms with Crippen LogP contribution < -0.4 is 14.9 Å². The number of carbonyl (C=O) groups excluding carboxylic acids is 2. The van der Waals surface area contributed by atoms with Crippen molar-refractivity contribution in [2.45, 2.75) is 13.0 Å². The molecule has 5 rings (SSSR count). The minimum Gasteiger partial charge on any atom is -0.480 e. The minimum atomic E-state index is -0.798. The van der Waals surface area contributed by atoms with Gasteiger partial charge in [-0.3, -0.25) is 4.79 Å². The molecular weight excluding hydrogens is 500 g/mol. The van der Waals surface area contributed by atoms with Crippen LogP contribution >= 0.6 is 11.6 Å². The first-order chi connectivity index (χ1) is 18.5. The molecule has 38 heavy (non-hydrogen) atoms. The highest BCUT2D eigenvalue weighted by atomic mass is 35.5. The van der Waals surface area contributed by atoms with Crippen molar-refractivity contribution < 1.29 is 19.1 Å². The maximum Gasteiger partial charge on any atom is 0.343 e. The van der Waals surface area contributed by atoms with E-state index in [4.69, 9.17) is 21.1 Å². The Labute approximate surface area is 224 Å². The number of nitrogens with zero attached hydrogens (tertiary/aromatic N) is 1. The Morgan fingerprint density at radius 3 is 2.21 bits per heavy atom. The van der Waals surface area contributed by atoms with Crippen LogP contribution in [0.1, 0.15) is 22.8 Å². The lowest BCUT2D eigenvalue weighted by Crippen LogP contribution is -2.33. The van der Waals surface area contributed by atoms with E-state index in [0.717, 1.165) is 21.5 Å². The summed E-state index contributed by atoms with van der Waals surface area (Å²) in [6, 6.07) is 31.1. The van der Waals surface area contributed by atoms with Crippen LogP contribution in [0.25, 0.3) is 21.5 Å². The molecule has 1 atom stereocenters. The maximum absolute atomic E-state index is 12.8. The molecule has 0 unspecified atom stereocenters. The van der Waals surface area contributed by atoms with Crippen molar-refractivity contribution in [2.24, 2.45) is 5.10 Å². The fourth-order valence-electron chi connectivity index (χ4n) is 4.04. The average molecular weight is 523 g/mol. The average Bonchev–Trinajstić information content (AvgIpc) is 2.94. The summed E-state index contributed by atoms with van der Waals surface area (Å²) in [5.74, 6) is -0.0382. The number of fused-ring (bicyclic) bond motifs is 2. The summed E-state index contributed by atoms with van der Waals surface area (Å²) in [7, 11) is 0. The van der Waals surface area contributed by atoms with Gasteiger partial charge in [0.1, 0.15) is 11.5 Å². The second-order valence-corrected chi connectivity index (χ2v) is 9.00. The van der Waals surface area contributed by atoms with E-state index in [0.29, 0.717) is 27.6 Å². The van der Waals surface area contributed by atoms with E-state index < -0.39 is 18.0 Å². The first-order valence-corrected chi connectivity index (χ1v) is 12.3. The minimum absolute atomic E-state index is 0.307. The molecule has 5 aromatic carbocycles. The van der Waals surface area contributed by atoms with Gasteiger partial charge in [0.2, 0.25) is 0 Å². The highest BCUT2D eigenvalue weighted by Gasteiger charge is 2.17. The lowest BCUT2D eigenvalue weighted by atomic mass is 10.0. The predicted octanol–water partition coefficient (Wildman–Crippen LogP) is 6.78. The smallest absolute Gasteiger partial charge is 0.343 e. The Kier molecular flexibility index (Phi) is 7.33. The van der Waals surface area contributed by atoms with Crippen molar-refractivity contribution in [3.8, 4) is 11.5 Å². The number of amides is 1. The van der Waals surface area contributed by atoms with Crippen LogP contribution in [0.5, 0.6) is 11.5 Å². The Morgan fingerprint density at radius 1 is 0.789 bits per heavy atom. The molecule has 6 nitrogen and oxygen atoms in total. The number of halogens is 1. The zero-order chi connectivity index (χ0) is 26.5. The van der Waals surface area contributed by atoms with Gasteiger partial charge in [0.05, 0.1) is 11.8 Å². The van der Waals surface area contributed by atoms with Gasteiger partial charge in [-0.15, -0.1) is 0 Å². The Hall–Kier alpha value is -4.68. The van der Waals surface area contributed by atoms with Crippen molar-refractivity contribution in [1.82, 2.24) is 5.43 Å². The van der Waals surface area contributed by atoms with Crippen molar-refractivity contribution in [3.63, 3.8) is 0 Å². The number of rotatable bonds is 7. The van der Waals surface area contributed by atoms with E-state index in [1.54, 1.807) is 37.3 Å². The zero-order valence-electron chi connectivity index (χ0n) is 20.4. The second kappa shape index (κ2) is 11.2. The number of hydrogen-bond donors (Lipinski definition) is 1. The second-order valence-electron chi connectivity index (χ2n) is 8.57. The van der Waals surface area contributed by atoms with Gasteiger partial charge in [-0.25, -0.2) is 10.2 Å². The molecule has 0 saturated carbocycles. The number of carbonyl (C=O) groups is 2. The molecule has 0 aromatic heterocycles. The van der Waals surface area contributed by atoms with Crippen LogP contribution in [0, 0.1) is 0 Å². The van der Waals surface area contributed by atoms with Crippen LogP contribution in [-0.4, -0.2) is 24.2 Å². The van der Waals surface area contributed by atoms with Gasteiger partial charge in [0.25, 0.3) is 5.91 Å². The monoisotopic (exact) mass is 522 g/mol. The summed E-state index contributed by atoms with van der Waals surface area (Å²) in [5, 5.41) is 8.36. The summed E-state index contributed by atoms with van der Waals surface area (Å²) in [6.45, 7) is 1.66. The number of esters is 1. The van der Waals surface area contributed by atoms with Crippen LogP contribution in [0.15, 0.2) is 108 Å². The molecule has 0 radical (unpaired) electrons. The van der Waals surface area contributed by atoms with Crippen molar-refractivity contribution >= 4 is 51.2 Å². The van der Waals surface area contributed by atoms with Gasteiger partial charge < -0.3 is 9.47 Å². The standard InChI is InChI=1S/C31H23ClN2O4/c1-20(37-28-12-6-9-21-7-3-5-11-26(21)28)30(35)34-33-19-27-25-10-4-2-8-22(25)15-18-29(27)38-31(36)23-13-16-24(32)17-14-23/h2-20H,1H3,(H,34,35)/b33-19-/t20-/m0/s1. The third kappa shape index (κ3) is 5.51. The quantitative estimate of drug-likeness (QED) is 0.111. The molecule has 1 N–H and O–H groups in total. The van der Waals surface area contributed by atoms with Crippen LogP contribution in [0.4, 0.5) is 0 Å². The van der Waals surface area contributed by atoms with Crippen molar-refractivity contribution in [2.75, 3.05) is 0 Å². The number of benzene rings is 5. The summed E-state index contributed by atoms with van der Waals surface area (Å²) >= 11 is 5.93. The Balaban J connectivity index is 1.35. The van der Waals surface area contributed by atoms with Crippen molar-refractivity contribution in [3.05, 3.63) is 119 Å². The van der Waals surface area contributed by atoms with E-state index in [1.165, 1.54) is 6.21 Å². The van der Waals surface area contributed by atoms with Crippen LogP contribution in [0.3, 0.4) is 0 Å². The molecule has 0 aliphatic heterocycles. The molecule has 0 aliphatic carbocycles. The first kappa shape index (κ1) is 25.0. The number of ether oxygens (including phenoxy) is 2. The molecule has 188 valence electrons. The first-order valence-electron chi connectivity index (χ1n) is 12.0. The van der Waals surface area contributed by atoms with E-state index in [-0.39, 0.29) is 0 Å².